The molecule has 0 unspecified atom stereocenters. The minimum absolute atomic E-state index is 0.0742. The smallest absolute Gasteiger partial charge is 0.254 e. The van der Waals surface area contributed by atoms with Crippen LogP contribution >= 0.6 is 0 Å². The topological polar surface area (TPSA) is 37.4 Å². The van der Waals surface area contributed by atoms with Crippen LogP contribution in [0, 0.1) is 13.8 Å². The lowest BCUT2D eigenvalue weighted by Gasteiger charge is -2.24. The summed E-state index contributed by atoms with van der Waals surface area (Å²) in [4.78, 5) is 25.0. The molecule has 0 aromatic heterocycles. The molecule has 2 amide bonds. The Morgan fingerprint density at radius 1 is 1.06 bits per heavy atom. The van der Waals surface area contributed by atoms with Gasteiger partial charge in [0.1, 0.15) is 0 Å². The molecule has 3 rings (SSSR count). The Bertz CT molecular complexity index is 568. The number of rotatable bonds is 1. The summed E-state index contributed by atoms with van der Waals surface area (Å²) in [5.74, 6) is -0.363. The summed E-state index contributed by atoms with van der Waals surface area (Å²) in [6.45, 7) is 4.14. The van der Waals surface area contributed by atoms with Gasteiger partial charge in [0.25, 0.3) is 11.8 Å². The summed E-state index contributed by atoms with van der Waals surface area (Å²) in [5, 5.41) is 0. The summed E-state index contributed by atoms with van der Waals surface area (Å²) in [5.41, 5.74) is 4.92. The zero-order valence-electron chi connectivity index (χ0n) is 10.6. The summed E-state index contributed by atoms with van der Waals surface area (Å²) < 4.78 is 0. The molecule has 0 radical (unpaired) electrons. The van der Waals surface area contributed by atoms with E-state index in [0.717, 1.165) is 12.8 Å². The van der Waals surface area contributed by atoms with Gasteiger partial charge in [-0.1, -0.05) is 12.1 Å². The van der Waals surface area contributed by atoms with E-state index in [-0.39, 0.29) is 17.9 Å². The first kappa shape index (κ1) is 11.2. The molecule has 1 aromatic carbocycles. The Morgan fingerprint density at radius 3 is 2.33 bits per heavy atom. The molecule has 1 aromatic rings. The second-order valence-electron chi connectivity index (χ2n) is 5.03. The molecule has 0 spiro atoms. The fraction of sp³-hybridized carbons (Fsp3) is 0.333. The van der Waals surface area contributed by atoms with Crippen molar-refractivity contribution in [3.8, 4) is 0 Å². The quantitative estimate of drug-likeness (QED) is 0.707. The third-order valence-electron chi connectivity index (χ3n) is 3.97. The zero-order valence-corrected chi connectivity index (χ0v) is 10.6. The summed E-state index contributed by atoms with van der Waals surface area (Å²) >= 11 is 0. The van der Waals surface area contributed by atoms with E-state index in [2.05, 4.69) is 26.0 Å². The molecule has 18 heavy (non-hydrogen) atoms. The first-order valence-corrected chi connectivity index (χ1v) is 6.24. The number of imide groups is 1. The van der Waals surface area contributed by atoms with Gasteiger partial charge in [-0.05, 0) is 48.9 Å². The number of carbonyl (C=O) groups is 2. The summed E-state index contributed by atoms with van der Waals surface area (Å²) in [6, 6.07) is 4.11. The van der Waals surface area contributed by atoms with Crippen molar-refractivity contribution in [1.29, 1.82) is 0 Å². The second-order valence-corrected chi connectivity index (χ2v) is 5.03. The van der Waals surface area contributed by atoms with Crippen molar-refractivity contribution in [3.05, 3.63) is 46.5 Å². The number of benzene rings is 1. The molecule has 0 saturated heterocycles. The Morgan fingerprint density at radius 2 is 1.67 bits per heavy atom. The van der Waals surface area contributed by atoms with E-state index in [1.807, 2.05) is 0 Å². The van der Waals surface area contributed by atoms with E-state index in [9.17, 15) is 9.59 Å². The minimum Gasteiger partial charge on any atom is -0.269 e. The molecule has 1 heterocycles. The standard InChI is InChI=1S/C15H15NO2/c1-9-3-4-10(2)15-11(9)5-6-12(15)16-13(17)7-8-14(16)18/h3-4,7-8,12H,5-6H2,1-2H3/t12-/m0/s1. The zero-order chi connectivity index (χ0) is 12.9. The molecule has 1 aliphatic carbocycles. The van der Waals surface area contributed by atoms with Crippen molar-refractivity contribution >= 4 is 11.8 Å². The maximum Gasteiger partial charge on any atom is 0.254 e. The van der Waals surface area contributed by atoms with Gasteiger partial charge < -0.3 is 0 Å². The Kier molecular flexibility index (Phi) is 2.37. The van der Waals surface area contributed by atoms with Gasteiger partial charge >= 0.3 is 0 Å². The van der Waals surface area contributed by atoms with Crippen LogP contribution in [0.25, 0.3) is 0 Å². The molecule has 3 heteroatoms. The molecule has 92 valence electrons. The van der Waals surface area contributed by atoms with E-state index >= 15 is 0 Å². The number of carbonyl (C=O) groups excluding carboxylic acids is 2. The highest BCUT2D eigenvalue weighted by molar-refractivity contribution is 6.13. The van der Waals surface area contributed by atoms with E-state index in [1.54, 1.807) is 0 Å². The van der Waals surface area contributed by atoms with E-state index < -0.39 is 0 Å². The average Bonchev–Trinajstić information content (AvgIpc) is 2.89. The van der Waals surface area contributed by atoms with Crippen molar-refractivity contribution in [1.82, 2.24) is 4.90 Å². The normalized spacial score (nSPS) is 21.9. The molecule has 1 atom stereocenters. The fourth-order valence-electron chi connectivity index (χ4n) is 3.09. The molecular formula is C15H15NO2. The Hall–Kier alpha value is -1.90. The lowest BCUT2D eigenvalue weighted by Crippen LogP contribution is -2.33. The highest BCUT2D eigenvalue weighted by atomic mass is 16.2. The molecule has 1 aliphatic heterocycles. The molecule has 2 aliphatic rings. The number of aryl methyl sites for hydroxylation is 2. The highest BCUT2D eigenvalue weighted by Crippen LogP contribution is 2.40. The maximum atomic E-state index is 11.8. The van der Waals surface area contributed by atoms with Crippen molar-refractivity contribution in [3.63, 3.8) is 0 Å². The first-order valence-electron chi connectivity index (χ1n) is 6.24. The number of fused-ring (bicyclic) bond motifs is 1. The van der Waals surface area contributed by atoms with Crippen LogP contribution in [0.4, 0.5) is 0 Å². The maximum absolute atomic E-state index is 11.8. The molecule has 0 bridgehead atoms. The molecule has 0 saturated carbocycles. The fourth-order valence-corrected chi connectivity index (χ4v) is 3.09. The van der Waals surface area contributed by atoms with Crippen LogP contribution in [0.15, 0.2) is 24.3 Å². The summed E-state index contributed by atoms with van der Waals surface area (Å²) in [6.07, 6.45) is 4.53. The van der Waals surface area contributed by atoms with E-state index in [1.165, 1.54) is 39.3 Å². The van der Waals surface area contributed by atoms with Crippen molar-refractivity contribution < 1.29 is 9.59 Å². The van der Waals surface area contributed by atoms with Gasteiger partial charge in [0.05, 0.1) is 6.04 Å². The second kappa shape index (κ2) is 3.80. The van der Waals surface area contributed by atoms with Crippen LogP contribution in [0.2, 0.25) is 0 Å². The summed E-state index contributed by atoms with van der Waals surface area (Å²) in [7, 11) is 0. The molecule has 3 nitrogen and oxygen atoms in total. The number of nitrogens with zero attached hydrogens (tertiary/aromatic N) is 1. The third-order valence-corrected chi connectivity index (χ3v) is 3.97. The average molecular weight is 241 g/mol. The van der Waals surface area contributed by atoms with Crippen LogP contribution in [0.5, 0.6) is 0 Å². The van der Waals surface area contributed by atoms with Crippen LogP contribution in [-0.2, 0) is 16.0 Å². The van der Waals surface area contributed by atoms with Crippen LogP contribution in [0.3, 0.4) is 0 Å². The lowest BCUT2D eigenvalue weighted by molar-refractivity contribution is -0.139. The lowest BCUT2D eigenvalue weighted by atomic mass is 9.97. The number of hydrogen-bond donors (Lipinski definition) is 0. The van der Waals surface area contributed by atoms with Gasteiger partial charge in [-0.25, -0.2) is 0 Å². The van der Waals surface area contributed by atoms with Crippen LogP contribution < -0.4 is 0 Å². The van der Waals surface area contributed by atoms with Gasteiger partial charge in [-0.15, -0.1) is 0 Å². The Balaban J connectivity index is 2.08. The van der Waals surface area contributed by atoms with Crippen LogP contribution in [0.1, 0.15) is 34.7 Å². The number of hydrogen-bond acceptors (Lipinski definition) is 2. The van der Waals surface area contributed by atoms with Gasteiger partial charge in [-0.3, -0.25) is 14.5 Å². The van der Waals surface area contributed by atoms with Gasteiger partial charge in [-0.2, -0.15) is 0 Å². The monoisotopic (exact) mass is 241 g/mol. The first-order chi connectivity index (χ1) is 8.59. The number of amides is 2. The van der Waals surface area contributed by atoms with Crippen LogP contribution in [-0.4, -0.2) is 16.7 Å². The van der Waals surface area contributed by atoms with Crippen molar-refractivity contribution in [2.75, 3.05) is 0 Å². The van der Waals surface area contributed by atoms with Gasteiger partial charge in [0.2, 0.25) is 0 Å². The molecule has 0 fully saturated rings. The van der Waals surface area contributed by atoms with Crippen molar-refractivity contribution in [2.24, 2.45) is 0 Å². The minimum atomic E-state index is -0.182. The Labute approximate surface area is 106 Å². The van der Waals surface area contributed by atoms with Gasteiger partial charge in [0.15, 0.2) is 0 Å². The molecular weight excluding hydrogens is 226 g/mol. The SMILES string of the molecule is Cc1ccc(C)c2c1CC[C@@H]2N1C(=O)C=CC1=O. The third kappa shape index (κ3) is 1.43. The highest BCUT2D eigenvalue weighted by Gasteiger charge is 2.37. The molecule has 0 N–H and O–H groups in total. The van der Waals surface area contributed by atoms with Crippen molar-refractivity contribution in [2.45, 2.75) is 32.7 Å². The van der Waals surface area contributed by atoms with Gasteiger partial charge in [0, 0.05) is 12.2 Å². The van der Waals surface area contributed by atoms with E-state index in [0.29, 0.717) is 0 Å². The largest absolute Gasteiger partial charge is 0.269 e. The predicted octanol–water partition coefficient (Wildman–Crippen LogP) is 2.22. The predicted molar refractivity (Wildman–Crippen MR) is 68.0 cm³/mol. The van der Waals surface area contributed by atoms with E-state index in [4.69, 9.17) is 0 Å².